The summed E-state index contributed by atoms with van der Waals surface area (Å²) in [4.78, 5) is 11.0. The molecule has 0 aromatic carbocycles. The molecule has 0 aromatic rings. The molecule has 0 aromatic heterocycles. The zero-order chi connectivity index (χ0) is 34.6. The Morgan fingerprint density at radius 2 is 1.02 bits per heavy atom. The summed E-state index contributed by atoms with van der Waals surface area (Å²) in [6, 6.07) is 0. The molecule has 3 aliphatic rings. The third-order valence-corrected chi connectivity index (χ3v) is 7.83. The predicted octanol–water partition coefficient (Wildman–Crippen LogP) is -12.5. The molecule has 25 nitrogen and oxygen atoms in total. The maximum absolute atomic E-state index is 11.0. The van der Waals surface area contributed by atoms with E-state index >= 15 is 0 Å². The number of carboxylic acid groups (broad SMARTS) is 1. The van der Waals surface area contributed by atoms with Crippen LogP contribution in [0.4, 0.5) is 0 Å². The molecule has 26 heteroatoms. The van der Waals surface area contributed by atoms with Crippen molar-refractivity contribution in [1.82, 2.24) is 0 Å². The van der Waals surface area contributed by atoms with Crippen molar-refractivity contribution in [3.63, 3.8) is 0 Å². The molecule has 3 rings (SSSR count). The summed E-state index contributed by atoms with van der Waals surface area (Å²) in [7, 11) is 0. The maximum atomic E-state index is 11.0. The molecule has 0 spiro atoms. The molecule has 0 saturated carbocycles. The van der Waals surface area contributed by atoms with Gasteiger partial charge in [0, 0.05) is 0 Å². The van der Waals surface area contributed by atoms with Gasteiger partial charge in [-0.1, -0.05) is 0 Å². The molecule has 3 fully saturated rings. The van der Waals surface area contributed by atoms with Gasteiger partial charge in [-0.25, -0.2) is 0 Å². The number of aliphatic hydroxyl groups is 14. The monoisotopic (exact) mass is 788 g/mol. The van der Waals surface area contributed by atoms with E-state index < -0.39 is 149 Å². The SMILES string of the molecule is O.O=C([O-])C(O)C(O)C(OC1OC(CO)C(OC2OC(CO)C(OC3OC(CO)C(O)C(O)C3O)C(O)C2O)C(O)C1O)C(O)CO.[Fe+3].[O-2].[OH-]. The molecule has 1 radical (unpaired) electrons. The molecule has 19 atom stereocenters. The average Bonchev–Trinajstić information content (AvgIpc) is 3.04. The van der Waals surface area contributed by atoms with Crippen LogP contribution in [0, 0.1) is 0 Å². The molecule has 19 unspecified atom stereocenters. The van der Waals surface area contributed by atoms with Crippen LogP contribution in [0.3, 0.4) is 0 Å². The van der Waals surface area contributed by atoms with Gasteiger partial charge in [-0.05, 0) is 0 Å². The van der Waals surface area contributed by atoms with E-state index in [1.165, 1.54) is 0 Å². The molecule has 3 saturated heterocycles. The predicted molar refractivity (Wildman–Crippen MR) is 140 cm³/mol. The Hall–Kier alpha value is -0.931. The van der Waals surface area contributed by atoms with Crippen molar-refractivity contribution in [2.24, 2.45) is 0 Å². The molecule has 299 valence electrons. The summed E-state index contributed by atoms with van der Waals surface area (Å²) in [5.41, 5.74) is 0. The van der Waals surface area contributed by atoms with Gasteiger partial charge in [-0.3, -0.25) is 0 Å². The Balaban J connectivity index is 0. The number of hydrogen-bond acceptors (Lipinski definition) is 23. The number of carboxylic acids is 1. The minimum absolute atomic E-state index is 0. The number of hydrogen-bond donors (Lipinski definition) is 14. The van der Waals surface area contributed by atoms with Crippen molar-refractivity contribution in [1.29, 1.82) is 0 Å². The average molecular weight is 788 g/mol. The van der Waals surface area contributed by atoms with Crippen LogP contribution >= 0.6 is 0 Å². The van der Waals surface area contributed by atoms with E-state index in [9.17, 15) is 81.4 Å². The first-order valence-electron chi connectivity index (χ1n) is 14.0. The van der Waals surface area contributed by atoms with Crippen molar-refractivity contribution in [2.75, 3.05) is 26.4 Å². The van der Waals surface area contributed by atoms with Crippen molar-refractivity contribution in [3.05, 3.63) is 0 Å². The number of carbonyl (C=O) groups excluding carboxylic acids is 1. The van der Waals surface area contributed by atoms with Crippen LogP contribution in [0.25, 0.3) is 0 Å². The van der Waals surface area contributed by atoms with E-state index in [2.05, 4.69) is 0 Å². The van der Waals surface area contributed by atoms with Crippen LogP contribution in [-0.2, 0) is 55.8 Å². The van der Waals surface area contributed by atoms with Crippen LogP contribution in [0.2, 0.25) is 0 Å². The van der Waals surface area contributed by atoms with Gasteiger partial charge in [-0.15, -0.1) is 0 Å². The van der Waals surface area contributed by atoms with Gasteiger partial charge < -0.3 is 126 Å². The van der Waals surface area contributed by atoms with Crippen LogP contribution < -0.4 is 5.11 Å². The summed E-state index contributed by atoms with van der Waals surface area (Å²) >= 11 is 0. The molecule has 3 heterocycles. The second kappa shape index (κ2) is 22.3. The molecular formula is C24H44FeO25-. The first-order chi connectivity index (χ1) is 21.6. The van der Waals surface area contributed by atoms with Gasteiger partial charge in [0.05, 0.1) is 32.4 Å². The van der Waals surface area contributed by atoms with E-state index in [1.54, 1.807) is 0 Å². The molecule has 0 amide bonds. The molecule has 50 heavy (non-hydrogen) atoms. The Morgan fingerprint density at radius 3 is 1.42 bits per heavy atom. The Kier molecular flexibility index (Phi) is 22.8. The smallest absolute Gasteiger partial charge is 2.00 e. The summed E-state index contributed by atoms with van der Waals surface area (Å²) in [6.45, 7) is -3.90. The Labute approximate surface area is 292 Å². The first kappa shape index (κ1) is 51.2. The van der Waals surface area contributed by atoms with Gasteiger partial charge in [0.2, 0.25) is 0 Å². The van der Waals surface area contributed by atoms with Crippen molar-refractivity contribution >= 4 is 5.97 Å². The fraction of sp³-hybridized carbons (Fsp3) is 0.958. The summed E-state index contributed by atoms with van der Waals surface area (Å²) < 4.78 is 32.1. The number of ether oxygens (including phenoxy) is 6. The number of aliphatic carboxylic acids is 1. The van der Waals surface area contributed by atoms with Crippen LogP contribution in [0.5, 0.6) is 0 Å². The third-order valence-electron chi connectivity index (χ3n) is 7.83. The van der Waals surface area contributed by atoms with Gasteiger partial charge in [0.1, 0.15) is 97.7 Å². The van der Waals surface area contributed by atoms with E-state index in [4.69, 9.17) is 28.4 Å². The van der Waals surface area contributed by atoms with Crippen LogP contribution in [0.15, 0.2) is 0 Å². The first-order valence-corrected chi connectivity index (χ1v) is 14.0. The number of aliphatic hydroxyl groups excluding tert-OH is 14. The summed E-state index contributed by atoms with van der Waals surface area (Å²) in [6.07, 6.45) is -37.3. The van der Waals surface area contributed by atoms with Crippen LogP contribution in [-0.4, -0.2) is 231 Å². The van der Waals surface area contributed by atoms with E-state index in [1.807, 2.05) is 0 Å². The minimum Gasteiger partial charge on any atom is -2.00 e. The van der Waals surface area contributed by atoms with E-state index in [0.717, 1.165) is 0 Å². The standard InChI is InChI=1S/C24H42O22.Fe.2H2O.O/c25-1-5(29)18(11(32)14(35)21(39)40)44-23-16(37)12(33)20(7(3-27)42-23)46-24-17(38)13(34)19(8(4-28)43-24)45-22-15(36)10(31)9(30)6(2-26)41-22;;;;/h5-20,22-38H,1-4H2,(H,39,40);;2*1H2;/q;+3;;;-2/p-2. The summed E-state index contributed by atoms with van der Waals surface area (Å²) in [5, 5.41) is 152. The largest absolute Gasteiger partial charge is 3.00 e. The zero-order valence-corrected chi connectivity index (χ0v) is 26.6. The van der Waals surface area contributed by atoms with Gasteiger partial charge >= 0.3 is 17.1 Å². The van der Waals surface area contributed by atoms with Gasteiger partial charge in [0.15, 0.2) is 18.9 Å². The second-order valence-corrected chi connectivity index (χ2v) is 10.9. The zero-order valence-electron chi connectivity index (χ0n) is 25.5. The fourth-order valence-electron chi connectivity index (χ4n) is 5.13. The van der Waals surface area contributed by atoms with Crippen molar-refractivity contribution in [3.8, 4) is 0 Å². The molecule has 0 bridgehead atoms. The normalized spacial score (nSPS) is 41.1. The molecular weight excluding hydrogens is 744 g/mol. The topological polar surface area (TPSA) is 469 Å². The minimum atomic E-state index is -2.65. The quantitative estimate of drug-likeness (QED) is 0.0727. The van der Waals surface area contributed by atoms with E-state index in [-0.39, 0.29) is 33.5 Å². The maximum Gasteiger partial charge on any atom is 3.00 e. The molecule has 3 aliphatic heterocycles. The van der Waals surface area contributed by atoms with Crippen molar-refractivity contribution < 1.29 is 143 Å². The Bertz CT molecular complexity index is 950. The van der Waals surface area contributed by atoms with Gasteiger partial charge in [-0.2, -0.15) is 0 Å². The fourth-order valence-corrected chi connectivity index (χ4v) is 5.13. The Morgan fingerprint density at radius 1 is 0.640 bits per heavy atom. The van der Waals surface area contributed by atoms with Crippen molar-refractivity contribution in [2.45, 2.75) is 117 Å². The van der Waals surface area contributed by atoms with Gasteiger partial charge in [0.25, 0.3) is 0 Å². The second-order valence-electron chi connectivity index (χ2n) is 10.9. The van der Waals surface area contributed by atoms with E-state index in [0.29, 0.717) is 0 Å². The summed E-state index contributed by atoms with van der Waals surface area (Å²) in [5.74, 6) is -2.19. The van der Waals surface area contributed by atoms with Crippen LogP contribution in [0.1, 0.15) is 0 Å². The molecule has 0 aliphatic carbocycles. The number of carbonyl (C=O) groups is 1. The number of rotatable bonds is 14. The third kappa shape index (κ3) is 11.1. The molecule has 17 N–H and O–H groups in total.